The molecule has 1 aromatic heterocycles. The highest BCUT2D eigenvalue weighted by Crippen LogP contribution is 2.21. The van der Waals surface area contributed by atoms with Crippen LogP contribution < -0.4 is 5.32 Å². The van der Waals surface area contributed by atoms with Crippen molar-refractivity contribution in [2.45, 2.75) is 32.4 Å². The Bertz CT molecular complexity index is 327. The molecule has 2 nitrogen and oxygen atoms in total. The van der Waals surface area contributed by atoms with E-state index >= 15 is 0 Å². The minimum absolute atomic E-state index is 0.790. The third kappa shape index (κ3) is 3.55. The van der Waals surface area contributed by atoms with Crippen LogP contribution in [0.15, 0.2) is 15.9 Å². The van der Waals surface area contributed by atoms with Crippen LogP contribution in [0.3, 0.4) is 0 Å². The van der Waals surface area contributed by atoms with Crippen LogP contribution >= 0.6 is 27.3 Å². The van der Waals surface area contributed by atoms with Crippen molar-refractivity contribution in [3.8, 4) is 0 Å². The van der Waals surface area contributed by atoms with Crippen molar-refractivity contribution in [3.63, 3.8) is 0 Å². The van der Waals surface area contributed by atoms with Crippen LogP contribution in [-0.4, -0.2) is 30.6 Å². The average molecular weight is 303 g/mol. The van der Waals surface area contributed by atoms with E-state index in [9.17, 15) is 0 Å². The molecule has 0 bridgehead atoms. The van der Waals surface area contributed by atoms with Crippen molar-refractivity contribution >= 4 is 27.3 Å². The van der Waals surface area contributed by atoms with Gasteiger partial charge in [-0.2, -0.15) is 0 Å². The fourth-order valence-corrected chi connectivity index (χ4v) is 3.66. The minimum atomic E-state index is 0.790. The molecule has 16 heavy (non-hydrogen) atoms. The second kappa shape index (κ2) is 6.15. The quantitative estimate of drug-likeness (QED) is 0.841. The van der Waals surface area contributed by atoms with Gasteiger partial charge in [0, 0.05) is 30.6 Å². The van der Waals surface area contributed by atoms with E-state index in [1.165, 1.54) is 34.6 Å². The van der Waals surface area contributed by atoms with E-state index in [1.807, 2.05) is 11.3 Å². The number of thiophene rings is 1. The van der Waals surface area contributed by atoms with Gasteiger partial charge in [0.2, 0.25) is 0 Å². The fourth-order valence-electron chi connectivity index (χ4n) is 2.21. The van der Waals surface area contributed by atoms with E-state index in [0.717, 1.165) is 19.1 Å². The number of rotatable bonds is 5. The van der Waals surface area contributed by atoms with E-state index in [2.05, 4.69) is 45.2 Å². The molecule has 90 valence electrons. The van der Waals surface area contributed by atoms with Gasteiger partial charge in [0.05, 0.1) is 3.79 Å². The second-order valence-electron chi connectivity index (χ2n) is 4.41. The molecule has 1 unspecified atom stereocenters. The molecule has 1 saturated heterocycles. The molecule has 0 radical (unpaired) electrons. The van der Waals surface area contributed by atoms with E-state index in [-0.39, 0.29) is 0 Å². The summed E-state index contributed by atoms with van der Waals surface area (Å²) in [4.78, 5) is 3.98. The summed E-state index contributed by atoms with van der Waals surface area (Å²) in [6.45, 7) is 6.91. The Morgan fingerprint density at radius 2 is 2.44 bits per heavy atom. The molecule has 0 saturated carbocycles. The summed E-state index contributed by atoms with van der Waals surface area (Å²) >= 11 is 5.30. The number of hydrogen-bond donors (Lipinski definition) is 1. The minimum Gasteiger partial charge on any atom is -0.311 e. The molecule has 1 aliphatic heterocycles. The van der Waals surface area contributed by atoms with Gasteiger partial charge in [0.1, 0.15) is 0 Å². The molecule has 1 fully saturated rings. The molecule has 0 spiro atoms. The van der Waals surface area contributed by atoms with Gasteiger partial charge in [-0.15, -0.1) is 11.3 Å². The summed E-state index contributed by atoms with van der Waals surface area (Å²) in [5.41, 5.74) is 0. The maximum absolute atomic E-state index is 3.51. The van der Waals surface area contributed by atoms with E-state index < -0.39 is 0 Å². The van der Waals surface area contributed by atoms with E-state index in [1.54, 1.807) is 0 Å². The van der Waals surface area contributed by atoms with Crippen LogP contribution in [0.5, 0.6) is 0 Å². The highest BCUT2D eigenvalue weighted by molar-refractivity contribution is 9.11. The van der Waals surface area contributed by atoms with Crippen molar-refractivity contribution in [2.75, 3.05) is 19.6 Å². The van der Waals surface area contributed by atoms with Crippen molar-refractivity contribution in [1.29, 1.82) is 0 Å². The number of likely N-dealkylation sites (tertiary alicyclic amines) is 1. The highest BCUT2D eigenvalue weighted by atomic mass is 79.9. The first kappa shape index (κ1) is 12.6. The Hall–Kier alpha value is 0.1000. The Balaban J connectivity index is 1.61. The van der Waals surface area contributed by atoms with Crippen LogP contribution in [-0.2, 0) is 6.54 Å². The molecule has 4 heteroatoms. The van der Waals surface area contributed by atoms with Gasteiger partial charge in [-0.3, -0.25) is 4.90 Å². The highest BCUT2D eigenvalue weighted by Gasteiger charge is 2.18. The van der Waals surface area contributed by atoms with E-state index in [4.69, 9.17) is 0 Å². The topological polar surface area (TPSA) is 15.3 Å². The standard InChI is InChI=1S/C12H19BrN2S/c1-10-3-2-7-15(10)8-6-14-9-11-4-5-12(13)16-11/h4-5,10,14H,2-3,6-9H2,1H3. The molecule has 1 aliphatic rings. The van der Waals surface area contributed by atoms with Crippen LogP contribution in [0.2, 0.25) is 0 Å². The molecule has 1 N–H and O–H groups in total. The molecule has 0 aromatic carbocycles. The first-order valence-corrected chi connectivity index (χ1v) is 7.55. The average Bonchev–Trinajstić information content (AvgIpc) is 2.83. The van der Waals surface area contributed by atoms with Gasteiger partial charge in [0.25, 0.3) is 0 Å². The van der Waals surface area contributed by atoms with Crippen LogP contribution in [0.1, 0.15) is 24.6 Å². The van der Waals surface area contributed by atoms with E-state index in [0.29, 0.717) is 0 Å². The molecule has 0 aliphatic carbocycles. The number of nitrogens with zero attached hydrogens (tertiary/aromatic N) is 1. The molecule has 2 rings (SSSR count). The van der Waals surface area contributed by atoms with Gasteiger partial charge in [-0.1, -0.05) is 0 Å². The third-order valence-electron chi connectivity index (χ3n) is 3.19. The number of nitrogens with one attached hydrogen (secondary N) is 1. The molecule has 2 heterocycles. The zero-order valence-electron chi connectivity index (χ0n) is 9.71. The smallest absolute Gasteiger partial charge is 0.0701 e. The maximum Gasteiger partial charge on any atom is 0.0701 e. The molecule has 0 amide bonds. The summed E-state index contributed by atoms with van der Waals surface area (Å²) in [5.74, 6) is 0. The summed E-state index contributed by atoms with van der Waals surface area (Å²) in [7, 11) is 0. The molecule has 1 atom stereocenters. The zero-order chi connectivity index (χ0) is 11.4. The predicted octanol–water partition coefficient (Wildman–Crippen LogP) is 3.08. The van der Waals surface area contributed by atoms with Crippen LogP contribution in [0, 0.1) is 0 Å². The van der Waals surface area contributed by atoms with Gasteiger partial charge in [0.15, 0.2) is 0 Å². The summed E-state index contributed by atoms with van der Waals surface area (Å²) in [5, 5.41) is 3.51. The van der Waals surface area contributed by atoms with Crippen LogP contribution in [0.25, 0.3) is 0 Å². The lowest BCUT2D eigenvalue weighted by molar-refractivity contribution is 0.268. The lowest BCUT2D eigenvalue weighted by atomic mass is 10.2. The van der Waals surface area contributed by atoms with Gasteiger partial charge in [-0.05, 0) is 54.4 Å². The monoisotopic (exact) mass is 302 g/mol. The normalized spacial score (nSPS) is 21.8. The third-order valence-corrected chi connectivity index (χ3v) is 4.82. The first-order chi connectivity index (χ1) is 7.75. The van der Waals surface area contributed by atoms with Crippen molar-refractivity contribution in [2.24, 2.45) is 0 Å². The second-order valence-corrected chi connectivity index (χ2v) is 6.96. The summed E-state index contributed by atoms with van der Waals surface area (Å²) in [6.07, 6.45) is 2.75. The largest absolute Gasteiger partial charge is 0.311 e. The van der Waals surface area contributed by atoms with Crippen molar-refractivity contribution in [3.05, 3.63) is 20.8 Å². The zero-order valence-corrected chi connectivity index (χ0v) is 12.1. The predicted molar refractivity (Wildman–Crippen MR) is 74.0 cm³/mol. The maximum atomic E-state index is 3.51. The van der Waals surface area contributed by atoms with Crippen molar-refractivity contribution in [1.82, 2.24) is 10.2 Å². The molecular weight excluding hydrogens is 284 g/mol. The Labute approximate surface area is 110 Å². The fraction of sp³-hybridized carbons (Fsp3) is 0.667. The Morgan fingerprint density at radius 3 is 3.06 bits per heavy atom. The van der Waals surface area contributed by atoms with Gasteiger partial charge in [-0.25, -0.2) is 0 Å². The Kier molecular flexibility index (Phi) is 4.82. The molecule has 1 aromatic rings. The number of hydrogen-bond acceptors (Lipinski definition) is 3. The lowest BCUT2D eigenvalue weighted by Crippen LogP contribution is -2.33. The molecular formula is C12H19BrN2S. The van der Waals surface area contributed by atoms with Gasteiger partial charge < -0.3 is 5.32 Å². The number of halogens is 1. The van der Waals surface area contributed by atoms with Crippen LogP contribution in [0.4, 0.5) is 0 Å². The van der Waals surface area contributed by atoms with Gasteiger partial charge >= 0.3 is 0 Å². The first-order valence-electron chi connectivity index (χ1n) is 5.94. The summed E-state index contributed by atoms with van der Waals surface area (Å²) < 4.78 is 1.22. The SMILES string of the molecule is CC1CCCN1CCNCc1ccc(Br)s1. The lowest BCUT2D eigenvalue weighted by Gasteiger charge is -2.20. The van der Waals surface area contributed by atoms with Crippen molar-refractivity contribution < 1.29 is 0 Å². The Morgan fingerprint density at radius 1 is 1.56 bits per heavy atom. The summed E-state index contributed by atoms with van der Waals surface area (Å²) in [6, 6.07) is 5.09.